The van der Waals surface area contributed by atoms with Crippen LogP contribution in [0.15, 0.2) is 78.0 Å². The molecule has 1 heterocycles. The van der Waals surface area contributed by atoms with E-state index < -0.39 is 0 Å². The van der Waals surface area contributed by atoms with E-state index in [1.165, 1.54) is 11.1 Å². The van der Waals surface area contributed by atoms with Crippen LogP contribution in [0.25, 0.3) is 17.1 Å². The molecular weight excluding hydrogens is 394 g/mol. The maximum absolute atomic E-state index is 5.40. The number of methoxy groups -OCH3 is 2. The maximum atomic E-state index is 5.40. The molecule has 30 heavy (non-hydrogen) atoms. The van der Waals surface area contributed by atoms with Gasteiger partial charge in [-0.25, -0.2) is 0 Å². The number of aryl methyl sites for hydroxylation is 1. The average molecular weight is 418 g/mol. The first-order valence-corrected chi connectivity index (χ1v) is 10.6. The molecule has 0 radical (unpaired) electrons. The highest BCUT2D eigenvalue weighted by molar-refractivity contribution is 7.98. The molecule has 1 aromatic heterocycles. The smallest absolute Gasteiger partial charge is 0.196 e. The highest BCUT2D eigenvalue weighted by Gasteiger charge is 2.17. The molecule has 5 nitrogen and oxygen atoms in total. The van der Waals surface area contributed by atoms with Gasteiger partial charge in [-0.2, -0.15) is 0 Å². The van der Waals surface area contributed by atoms with Crippen molar-refractivity contribution in [2.24, 2.45) is 0 Å². The molecule has 0 unspecified atom stereocenters. The van der Waals surface area contributed by atoms with E-state index in [2.05, 4.69) is 58.1 Å². The van der Waals surface area contributed by atoms with E-state index in [9.17, 15) is 0 Å². The van der Waals surface area contributed by atoms with Crippen LogP contribution in [0.3, 0.4) is 0 Å². The summed E-state index contributed by atoms with van der Waals surface area (Å²) in [6.07, 6.45) is 0. The molecule has 152 valence electrons. The second-order valence-corrected chi connectivity index (χ2v) is 7.79. The molecule has 6 heteroatoms. The lowest BCUT2D eigenvalue weighted by atomic mass is 10.2. The molecule has 0 saturated heterocycles. The summed E-state index contributed by atoms with van der Waals surface area (Å²) in [5.41, 5.74) is 4.39. The first kappa shape index (κ1) is 20.0. The third kappa shape index (κ3) is 4.33. The summed E-state index contributed by atoms with van der Waals surface area (Å²) >= 11 is 1.66. The number of aromatic nitrogens is 3. The van der Waals surface area contributed by atoms with Gasteiger partial charge in [0.05, 0.1) is 14.2 Å². The van der Waals surface area contributed by atoms with Crippen LogP contribution in [0.5, 0.6) is 11.5 Å². The standard InChI is InChI=1S/C24H23N3O2S/c1-17-7-11-20(12-8-17)27-23(19-5-4-6-22(15-19)29-3)25-26-24(27)30-16-18-9-13-21(28-2)14-10-18/h4-15H,16H2,1-3H3. The van der Waals surface area contributed by atoms with Crippen LogP contribution in [0, 0.1) is 6.92 Å². The van der Waals surface area contributed by atoms with Crippen molar-refractivity contribution >= 4 is 11.8 Å². The van der Waals surface area contributed by atoms with Gasteiger partial charge in [-0.1, -0.05) is 53.7 Å². The molecule has 0 aliphatic heterocycles. The molecule has 4 aromatic rings. The van der Waals surface area contributed by atoms with Crippen molar-refractivity contribution in [3.63, 3.8) is 0 Å². The summed E-state index contributed by atoms with van der Waals surface area (Å²) in [6.45, 7) is 2.08. The van der Waals surface area contributed by atoms with Gasteiger partial charge in [0.15, 0.2) is 11.0 Å². The molecule has 0 amide bonds. The van der Waals surface area contributed by atoms with Gasteiger partial charge in [0, 0.05) is 17.0 Å². The van der Waals surface area contributed by atoms with Crippen LogP contribution in [0.2, 0.25) is 0 Å². The van der Waals surface area contributed by atoms with Crippen molar-refractivity contribution in [1.29, 1.82) is 0 Å². The lowest BCUT2D eigenvalue weighted by molar-refractivity contribution is 0.414. The van der Waals surface area contributed by atoms with E-state index in [0.717, 1.165) is 39.5 Å². The van der Waals surface area contributed by atoms with E-state index >= 15 is 0 Å². The minimum atomic E-state index is 0.784. The molecule has 0 aliphatic rings. The number of rotatable bonds is 7. The fraction of sp³-hybridized carbons (Fsp3) is 0.167. The summed E-state index contributed by atoms with van der Waals surface area (Å²) in [7, 11) is 3.34. The van der Waals surface area contributed by atoms with Crippen molar-refractivity contribution in [1.82, 2.24) is 14.8 Å². The summed E-state index contributed by atoms with van der Waals surface area (Å²) in [4.78, 5) is 0. The van der Waals surface area contributed by atoms with Crippen LogP contribution in [-0.4, -0.2) is 29.0 Å². The van der Waals surface area contributed by atoms with E-state index in [1.807, 2.05) is 36.4 Å². The van der Waals surface area contributed by atoms with E-state index in [4.69, 9.17) is 9.47 Å². The van der Waals surface area contributed by atoms with E-state index in [1.54, 1.807) is 26.0 Å². The van der Waals surface area contributed by atoms with E-state index in [0.29, 0.717) is 0 Å². The summed E-state index contributed by atoms with van der Waals surface area (Å²) in [6, 6.07) is 24.4. The van der Waals surface area contributed by atoms with Gasteiger partial charge in [-0.05, 0) is 48.9 Å². The molecule has 0 spiro atoms. The fourth-order valence-electron chi connectivity index (χ4n) is 3.11. The first-order chi connectivity index (χ1) is 14.7. The Kier molecular flexibility index (Phi) is 6.05. The Morgan fingerprint density at radius 1 is 0.833 bits per heavy atom. The SMILES string of the molecule is COc1ccc(CSc2nnc(-c3cccc(OC)c3)n2-c2ccc(C)cc2)cc1. The highest BCUT2D eigenvalue weighted by atomic mass is 32.2. The molecule has 4 rings (SSSR count). The quantitative estimate of drug-likeness (QED) is 0.369. The van der Waals surface area contributed by atoms with Gasteiger partial charge < -0.3 is 9.47 Å². The molecule has 3 aromatic carbocycles. The fourth-order valence-corrected chi connectivity index (χ4v) is 4.02. The van der Waals surface area contributed by atoms with E-state index in [-0.39, 0.29) is 0 Å². The normalized spacial score (nSPS) is 10.8. The van der Waals surface area contributed by atoms with Gasteiger partial charge in [0.1, 0.15) is 11.5 Å². The number of benzene rings is 3. The maximum Gasteiger partial charge on any atom is 0.196 e. The predicted molar refractivity (Wildman–Crippen MR) is 121 cm³/mol. The first-order valence-electron chi connectivity index (χ1n) is 9.60. The van der Waals surface area contributed by atoms with Crippen LogP contribution < -0.4 is 9.47 Å². The Hall–Kier alpha value is -3.25. The second kappa shape index (κ2) is 9.05. The van der Waals surface area contributed by atoms with Gasteiger partial charge in [-0.15, -0.1) is 10.2 Å². The van der Waals surface area contributed by atoms with Crippen molar-refractivity contribution in [3.8, 4) is 28.6 Å². The number of nitrogens with zero attached hydrogens (tertiary/aromatic N) is 3. The summed E-state index contributed by atoms with van der Waals surface area (Å²) < 4.78 is 12.7. The topological polar surface area (TPSA) is 49.2 Å². The molecule has 0 saturated carbocycles. The Morgan fingerprint density at radius 3 is 2.27 bits per heavy atom. The minimum absolute atomic E-state index is 0.784. The Bertz CT molecular complexity index is 1120. The number of hydrogen-bond acceptors (Lipinski definition) is 5. The monoisotopic (exact) mass is 417 g/mol. The van der Waals surface area contributed by atoms with Crippen LogP contribution >= 0.6 is 11.8 Å². The Balaban J connectivity index is 1.70. The van der Waals surface area contributed by atoms with Crippen molar-refractivity contribution in [2.75, 3.05) is 14.2 Å². The number of ether oxygens (including phenoxy) is 2. The van der Waals surface area contributed by atoms with Gasteiger partial charge in [-0.3, -0.25) is 4.57 Å². The minimum Gasteiger partial charge on any atom is -0.497 e. The molecule has 0 bridgehead atoms. The van der Waals surface area contributed by atoms with Crippen LogP contribution in [-0.2, 0) is 5.75 Å². The Labute approximate surface area is 180 Å². The van der Waals surface area contributed by atoms with Crippen molar-refractivity contribution in [2.45, 2.75) is 17.8 Å². The summed E-state index contributed by atoms with van der Waals surface area (Å²) in [5.74, 6) is 3.21. The summed E-state index contributed by atoms with van der Waals surface area (Å²) in [5, 5.41) is 9.86. The molecule has 0 N–H and O–H groups in total. The molecule has 0 aliphatic carbocycles. The van der Waals surface area contributed by atoms with Gasteiger partial charge in [0.2, 0.25) is 0 Å². The zero-order chi connectivity index (χ0) is 20.9. The Morgan fingerprint density at radius 2 is 1.57 bits per heavy atom. The van der Waals surface area contributed by atoms with Crippen LogP contribution in [0.4, 0.5) is 0 Å². The van der Waals surface area contributed by atoms with Crippen molar-refractivity contribution in [3.05, 3.63) is 83.9 Å². The molecule has 0 atom stereocenters. The zero-order valence-electron chi connectivity index (χ0n) is 17.2. The van der Waals surface area contributed by atoms with Gasteiger partial charge >= 0.3 is 0 Å². The lowest BCUT2D eigenvalue weighted by Gasteiger charge is -2.11. The number of thioether (sulfide) groups is 1. The second-order valence-electron chi connectivity index (χ2n) is 6.85. The van der Waals surface area contributed by atoms with Crippen LogP contribution in [0.1, 0.15) is 11.1 Å². The van der Waals surface area contributed by atoms with Crippen molar-refractivity contribution < 1.29 is 9.47 Å². The van der Waals surface area contributed by atoms with Gasteiger partial charge in [0.25, 0.3) is 0 Å². The average Bonchev–Trinajstić information content (AvgIpc) is 3.22. The molecular formula is C24H23N3O2S. The molecule has 0 fully saturated rings. The third-order valence-corrected chi connectivity index (χ3v) is 5.78. The number of hydrogen-bond donors (Lipinski definition) is 0. The lowest BCUT2D eigenvalue weighted by Crippen LogP contribution is -2.00. The highest BCUT2D eigenvalue weighted by Crippen LogP contribution is 2.31. The predicted octanol–water partition coefficient (Wildman–Crippen LogP) is 5.55. The third-order valence-electron chi connectivity index (χ3n) is 4.78. The largest absolute Gasteiger partial charge is 0.497 e. The zero-order valence-corrected chi connectivity index (χ0v) is 18.0.